The van der Waals surface area contributed by atoms with Crippen molar-refractivity contribution < 1.29 is 24.9 Å². The third-order valence-electron chi connectivity index (χ3n) is 3.86. The van der Waals surface area contributed by atoms with Gasteiger partial charge in [-0.1, -0.05) is 12.8 Å². The van der Waals surface area contributed by atoms with Gasteiger partial charge in [0.2, 0.25) is 0 Å². The number of likely N-dealkylation sites (tertiary alicyclic amines) is 1. The number of β-amino-alcohol motifs (C(OH)–C–C–N with tert-alkyl or cyclic N) is 1. The molecule has 0 spiro atoms. The number of hydrogen-bond donors (Lipinski definition) is 4. The first-order valence-electron chi connectivity index (χ1n) is 6.65. The Morgan fingerprint density at radius 1 is 1.16 bits per heavy atom. The number of nitrogens with one attached hydrogen (secondary N) is 1. The number of urea groups is 1. The number of amides is 2. The van der Waals surface area contributed by atoms with Crippen molar-refractivity contribution in [3.63, 3.8) is 0 Å². The van der Waals surface area contributed by atoms with Crippen LogP contribution in [0, 0.1) is 0 Å². The first-order chi connectivity index (χ1) is 8.99. The van der Waals surface area contributed by atoms with Gasteiger partial charge in [0.25, 0.3) is 0 Å². The van der Waals surface area contributed by atoms with Crippen molar-refractivity contribution in [2.75, 3.05) is 6.54 Å². The molecule has 4 N–H and O–H groups in total. The number of carboxylic acid groups (broad SMARTS) is 1. The second-order valence-electron chi connectivity index (χ2n) is 5.30. The maximum absolute atomic E-state index is 12.0. The van der Waals surface area contributed by atoms with Gasteiger partial charge >= 0.3 is 12.0 Å². The minimum absolute atomic E-state index is 0.0195. The van der Waals surface area contributed by atoms with Crippen molar-refractivity contribution in [3.05, 3.63) is 0 Å². The lowest BCUT2D eigenvalue weighted by Crippen LogP contribution is -2.53. The number of rotatable bonds is 2. The quantitative estimate of drug-likeness (QED) is 0.542. The lowest BCUT2D eigenvalue weighted by atomic mass is 9.93. The molecule has 2 unspecified atom stereocenters. The average Bonchev–Trinajstić information content (AvgIpc) is 2.74. The second-order valence-corrected chi connectivity index (χ2v) is 5.30. The van der Waals surface area contributed by atoms with Gasteiger partial charge in [-0.15, -0.1) is 0 Å². The van der Waals surface area contributed by atoms with E-state index in [0.717, 1.165) is 17.7 Å². The van der Waals surface area contributed by atoms with E-state index in [1.165, 1.54) is 0 Å². The molecular weight excluding hydrogens is 252 g/mol. The summed E-state index contributed by atoms with van der Waals surface area (Å²) in [5.74, 6) is -1.11. The first-order valence-corrected chi connectivity index (χ1v) is 6.65. The van der Waals surface area contributed by atoms with Crippen LogP contribution in [0.25, 0.3) is 0 Å². The Bertz CT molecular complexity index is 362. The number of carboxylic acids is 1. The molecule has 1 aliphatic carbocycles. The van der Waals surface area contributed by atoms with E-state index in [1.807, 2.05) is 0 Å². The summed E-state index contributed by atoms with van der Waals surface area (Å²) in [6, 6.07) is -1.83. The zero-order valence-corrected chi connectivity index (χ0v) is 10.7. The Hall–Kier alpha value is -1.34. The van der Waals surface area contributed by atoms with E-state index >= 15 is 0 Å². The molecule has 7 nitrogen and oxygen atoms in total. The molecule has 1 aliphatic heterocycles. The van der Waals surface area contributed by atoms with E-state index in [1.54, 1.807) is 0 Å². The van der Waals surface area contributed by atoms with Gasteiger partial charge in [0.15, 0.2) is 0 Å². The summed E-state index contributed by atoms with van der Waals surface area (Å²) < 4.78 is 0. The molecule has 1 saturated heterocycles. The van der Waals surface area contributed by atoms with Crippen LogP contribution in [0.3, 0.4) is 0 Å². The van der Waals surface area contributed by atoms with Gasteiger partial charge in [0.1, 0.15) is 6.04 Å². The fourth-order valence-electron chi connectivity index (χ4n) is 2.79. The Morgan fingerprint density at radius 2 is 1.84 bits per heavy atom. The van der Waals surface area contributed by atoms with E-state index in [-0.39, 0.29) is 19.0 Å². The van der Waals surface area contributed by atoms with Crippen molar-refractivity contribution in [1.29, 1.82) is 0 Å². The summed E-state index contributed by atoms with van der Waals surface area (Å²) in [4.78, 5) is 24.2. The highest BCUT2D eigenvalue weighted by molar-refractivity contribution is 5.83. The van der Waals surface area contributed by atoms with Crippen LogP contribution in [-0.2, 0) is 4.79 Å². The Kier molecular flexibility index (Phi) is 4.26. The molecule has 19 heavy (non-hydrogen) atoms. The molecule has 0 aromatic rings. The fraction of sp³-hybridized carbons (Fsp3) is 0.833. The predicted molar refractivity (Wildman–Crippen MR) is 65.5 cm³/mol. The van der Waals surface area contributed by atoms with Crippen LogP contribution in [0.4, 0.5) is 4.79 Å². The summed E-state index contributed by atoms with van der Waals surface area (Å²) in [6.07, 6.45) is 1.89. The molecular formula is C12H20N2O5. The number of aliphatic hydroxyl groups excluding tert-OH is 2. The maximum atomic E-state index is 12.0. The van der Waals surface area contributed by atoms with Crippen LogP contribution in [0.2, 0.25) is 0 Å². The van der Waals surface area contributed by atoms with Crippen molar-refractivity contribution in [3.8, 4) is 0 Å². The van der Waals surface area contributed by atoms with Gasteiger partial charge in [-0.25, -0.2) is 9.59 Å². The smallest absolute Gasteiger partial charge is 0.326 e. The molecule has 0 aromatic carbocycles. The lowest BCUT2D eigenvalue weighted by molar-refractivity contribution is -0.141. The van der Waals surface area contributed by atoms with Crippen LogP contribution in [0.15, 0.2) is 0 Å². The third kappa shape index (κ3) is 3.16. The summed E-state index contributed by atoms with van der Waals surface area (Å²) in [6.45, 7) is 0.0195. The van der Waals surface area contributed by atoms with E-state index in [0.29, 0.717) is 12.8 Å². The molecule has 4 atom stereocenters. The summed E-state index contributed by atoms with van der Waals surface area (Å²) >= 11 is 0. The number of aliphatic carboxylic acids is 1. The highest BCUT2D eigenvalue weighted by atomic mass is 16.4. The minimum Gasteiger partial charge on any atom is -0.480 e. The molecule has 0 bridgehead atoms. The number of carbonyl (C=O) groups is 2. The van der Waals surface area contributed by atoms with Crippen LogP contribution in [-0.4, -0.2) is 63.1 Å². The van der Waals surface area contributed by atoms with Gasteiger partial charge in [0.05, 0.1) is 18.2 Å². The first kappa shape index (κ1) is 14.1. The molecule has 0 aromatic heterocycles. The van der Waals surface area contributed by atoms with E-state index in [4.69, 9.17) is 5.11 Å². The van der Waals surface area contributed by atoms with Crippen LogP contribution in [0.1, 0.15) is 32.1 Å². The average molecular weight is 272 g/mol. The molecule has 1 heterocycles. The van der Waals surface area contributed by atoms with E-state index in [9.17, 15) is 19.8 Å². The maximum Gasteiger partial charge on any atom is 0.326 e. The number of aliphatic hydroxyl groups is 2. The molecule has 7 heteroatoms. The standard InChI is InChI=1S/C12H20N2O5/c15-7-5-9(11(17)18)14(6-7)12(19)13-8-3-1-2-4-10(8)16/h7-10,15-16H,1-6H2,(H,13,19)(H,17,18)/t7-,8?,9-,10?/m1/s1. The summed E-state index contributed by atoms with van der Waals surface area (Å²) in [5.41, 5.74) is 0. The topological polar surface area (TPSA) is 110 Å². The van der Waals surface area contributed by atoms with Crippen molar-refractivity contribution >= 4 is 12.0 Å². The van der Waals surface area contributed by atoms with Crippen LogP contribution >= 0.6 is 0 Å². The van der Waals surface area contributed by atoms with Gasteiger partial charge in [-0.3, -0.25) is 0 Å². The van der Waals surface area contributed by atoms with Crippen molar-refractivity contribution in [2.45, 2.75) is 56.4 Å². The van der Waals surface area contributed by atoms with E-state index in [2.05, 4.69) is 5.32 Å². The Balaban J connectivity index is 1.96. The summed E-state index contributed by atoms with van der Waals surface area (Å²) in [5, 5.41) is 31.0. The monoisotopic (exact) mass is 272 g/mol. The molecule has 1 saturated carbocycles. The molecule has 2 amide bonds. The predicted octanol–water partition coefficient (Wildman–Crippen LogP) is -0.481. The molecule has 108 valence electrons. The second kappa shape index (κ2) is 5.75. The molecule has 2 fully saturated rings. The van der Waals surface area contributed by atoms with Gasteiger partial charge in [-0.05, 0) is 12.8 Å². The number of nitrogens with zero attached hydrogens (tertiary/aromatic N) is 1. The Labute approximate surface area is 111 Å². The van der Waals surface area contributed by atoms with Crippen molar-refractivity contribution in [1.82, 2.24) is 10.2 Å². The minimum atomic E-state index is -1.11. The Morgan fingerprint density at radius 3 is 2.47 bits per heavy atom. The van der Waals surface area contributed by atoms with Gasteiger partial charge in [-0.2, -0.15) is 0 Å². The van der Waals surface area contributed by atoms with Gasteiger partial charge < -0.3 is 25.5 Å². The van der Waals surface area contributed by atoms with Crippen LogP contribution < -0.4 is 5.32 Å². The lowest BCUT2D eigenvalue weighted by Gasteiger charge is -2.31. The van der Waals surface area contributed by atoms with E-state index < -0.39 is 30.3 Å². The third-order valence-corrected chi connectivity index (χ3v) is 3.86. The fourth-order valence-corrected chi connectivity index (χ4v) is 2.79. The largest absolute Gasteiger partial charge is 0.480 e. The number of hydrogen-bond acceptors (Lipinski definition) is 4. The summed E-state index contributed by atoms with van der Waals surface area (Å²) in [7, 11) is 0. The van der Waals surface area contributed by atoms with Crippen LogP contribution in [0.5, 0.6) is 0 Å². The number of carbonyl (C=O) groups excluding carboxylic acids is 1. The SMILES string of the molecule is O=C(O)[C@H]1C[C@@H](O)CN1C(=O)NC1CCCCC1O. The molecule has 2 rings (SSSR count). The molecule has 0 radical (unpaired) electrons. The zero-order valence-electron chi connectivity index (χ0n) is 10.7. The normalized spacial score (nSPS) is 35.2. The highest BCUT2D eigenvalue weighted by Gasteiger charge is 2.40. The van der Waals surface area contributed by atoms with Gasteiger partial charge in [0, 0.05) is 13.0 Å². The molecule has 2 aliphatic rings. The van der Waals surface area contributed by atoms with Crippen molar-refractivity contribution in [2.24, 2.45) is 0 Å². The zero-order chi connectivity index (χ0) is 14.0. The highest BCUT2D eigenvalue weighted by Crippen LogP contribution is 2.21.